The van der Waals surface area contributed by atoms with E-state index >= 15 is 0 Å². The van der Waals surface area contributed by atoms with Gasteiger partial charge < -0.3 is 14.9 Å². The normalized spacial score (nSPS) is 17.1. The predicted molar refractivity (Wildman–Crippen MR) is 88.6 cm³/mol. The van der Waals surface area contributed by atoms with Gasteiger partial charge in [-0.15, -0.1) is 11.8 Å². The fraction of sp³-hybridized carbons (Fsp3) is 0.438. The number of carbonyl (C=O) groups excluding carboxylic acids is 2. The van der Waals surface area contributed by atoms with E-state index in [0.29, 0.717) is 30.3 Å². The molecule has 1 saturated heterocycles. The highest BCUT2D eigenvalue weighted by Gasteiger charge is 2.36. The van der Waals surface area contributed by atoms with Gasteiger partial charge in [0.25, 0.3) is 5.91 Å². The predicted octanol–water partition coefficient (Wildman–Crippen LogP) is 1.77. The molecule has 1 atom stereocenters. The van der Waals surface area contributed by atoms with Gasteiger partial charge in [-0.05, 0) is 32.0 Å². The van der Waals surface area contributed by atoms with Crippen LogP contribution in [0.1, 0.15) is 34.6 Å². The van der Waals surface area contributed by atoms with Crippen LogP contribution in [0, 0.1) is 0 Å². The summed E-state index contributed by atoms with van der Waals surface area (Å²) in [7, 11) is 0. The molecule has 1 aromatic rings. The second-order valence-corrected chi connectivity index (χ2v) is 6.19. The molecule has 2 rings (SSSR count). The SMILES string of the molecule is CCN(CC)C(=O)C1CSCN1C(=O)c1cccc(C(=O)O)c1. The van der Waals surface area contributed by atoms with Gasteiger partial charge in [-0.1, -0.05) is 6.07 Å². The number of carboxylic acids is 1. The molecular weight excluding hydrogens is 316 g/mol. The average Bonchev–Trinajstić information content (AvgIpc) is 3.04. The Hall–Kier alpha value is -2.02. The van der Waals surface area contributed by atoms with Gasteiger partial charge in [0.1, 0.15) is 6.04 Å². The third-order valence-electron chi connectivity index (χ3n) is 3.86. The molecule has 0 spiro atoms. The first-order chi connectivity index (χ1) is 11.0. The Morgan fingerprint density at radius 3 is 2.52 bits per heavy atom. The zero-order valence-corrected chi connectivity index (χ0v) is 14.0. The Bertz CT molecular complexity index is 616. The lowest BCUT2D eigenvalue weighted by atomic mass is 10.1. The molecule has 1 fully saturated rings. The van der Waals surface area contributed by atoms with Crippen molar-refractivity contribution in [3.63, 3.8) is 0 Å². The summed E-state index contributed by atoms with van der Waals surface area (Å²) in [5.41, 5.74) is 0.360. The molecule has 1 N–H and O–H groups in total. The van der Waals surface area contributed by atoms with Crippen LogP contribution in [0.3, 0.4) is 0 Å². The van der Waals surface area contributed by atoms with Crippen LogP contribution < -0.4 is 0 Å². The molecule has 1 aliphatic heterocycles. The van der Waals surface area contributed by atoms with Crippen molar-refractivity contribution in [2.45, 2.75) is 19.9 Å². The van der Waals surface area contributed by atoms with Gasteiger partial charge in [0, 0.05) is 24.4 Å². The van der Waals surface area contributed by atoms with E-state index in [1.54, 1.807) is 17.0 Å². The average molecular weight is 336 g/mol. The molecule has 1 aromatic carbocycles. The van der Waals surface area contributed by atoms with Crippen molar-refractivity contribution in [3.8, 4) is 0 Å². The molecule has 23 heavy (non-hydrogen) atoms. The molecular formula is C16H20N2O4S. The number of carboxylic acid groups (broad SMARTS) is 1. The first-order valence-corrected chi connectivity index (χ1v) is 8.65. The summed E-state index contributed by atoms with van der Waals surface area (Å²) < 4.78 is 0. The van der Waals surface area contributed by atoms with Crippen LogP contribution in [0.25, 0.3) is 0 Å². The smallest absolute Gasteiger partial charge is 0.335 e. The zero-order chi connectivity index (χ0) is 17.0. The molecule has 0 radical (unpaired) electrons. The Kier molecular flexibility index (Phi) is 5.65. The molecule has 1 aliphatic rings. The lowest BCUT2D eigenvalue weighted by Gasteiger charge is -2.28. The molecule has 0 bridgehead atoms. The number of benzene rings is 1. The number of nitrogens with zero attached hydrogens (tertiary/aromatic N) is 2. The van der Waals surface area contributed by atoms with Crippen LogP contribution in [0.2, 0.25) is 0 Å². The summed E-state index contributed by atoms with van der Waals surface area (Å²) in [6.45, 7) is 5.03. The Morgan fingerprint density at radius 2 is 1.91 bits per heavy atom. The molecule has 0 aliphatic carbocycles. The van der Waals surface area contributed by atoms with Crippen LogP contribution >= 0.6 is 11.8 Å². The van der Waals surface area contributed by atoms with E-state index in [1.165, 1.54) is 28.8 Å². The standard InChI is InChI=1S/C16H20N2O4S/c1-3-17(4-2)15(20)13-9-23-10-18(13)14(19)11-6-5-7-12(8-11)16(21)22/h5-8,13H,3-4,9-10H2,1-2H3,(H,21,22). The Labute approximate surface area is 139 Å². The topological polar surface area (TPSA) is 77.9 Å². The molecule has 1 heterocycles. The number of hydrogen-bond donors (Lipinski definition) is 1. The van der Waals surface area contributed by atoms with Crippen LogP contribution in [0.5, 0.6) is 0 Å². The highest BCUT2D eigenvalue weighted by atomic mass is 32.2. The molecule has 7 heteroatoms. The Morgan fingerprint density at radius 1 is 1.26 bits per heavy atom. The van der Waals surface area contributed by atoms with Crippen molar-refractivity contribution in [2.24, 2.45) is 0 Å². The molecule has 0 saturated carbocycles. The highest BCUT2D eigenvalue weighted by molar-refractivity contribution is 7.99. The molecule has 1 unspecified atom stereocenters. The number of rotatable bonds is 5. The van der Waals surface area contributed by atoms with Gasteiger partial charge in [-0.2, -0.15) is 0 Å². The van der Waals surface area contributed by atoms with Crippen molar-refractivity contribution in [1.29, 1.82) is 0 Å². The second kappa shape index (κ2) is 7.50. The van der Waals surface area contributed by atoms with E-state index in [2.05, 4.69) is 0 Å². The minimum atomic E-state index is -1.08. The molecule has 6 nitrogen and oxygen atoms in total. The summed E-state index contributed by atoms with van der Waals surface area (Å²) in [5, 5.41) is 9.04. The third kappa shape index (κ3) is 3.67. The molecule has 2 amide bonds. The lowest BCUT2D eigenvalue weighted by molar-refractivity contribution is -0.134. The maximum absolute atomic E-state index is 12.7. The summed E-state index contributed by atoms with van der Waals surface area (Å²) in [5.74, 6) is -0.425. The number of aromatic carboxylic acids is 1. The van der Waals surface area contributed by atoms with E-state index in [0.717, 1.165) is 0 Å². The summed E-state index contributed by atoms with van der Waals surface area (Å²) in [6.07, 6.45) is 0. The third-order valence-corrected chi connectivity index (χ3v) is 4.87. The van der Waals surface area contributed by atoms with Crippen molar-refractivity contribution < 1.29 is 19.5 Å². The van der Waals surface area contributed by atoms with Crippen molar-refractivity contribution >= 4 is 29.5 Å². The number of hydrogen-bond acceptors (Lipinski definition) is 4. The van der Waals surface area contributed by atoms with Crippen molar-refractivity contribution in [2.75, 3.05) is 24.7 Å². The zero-order valence-electron chi connectivity index (χ0n) is 13.2. The maximum Gasteiger partial charge on any atom is 0.335 e. The van der Waals surface area contributed by atoms with Crippen LogP contribution in [-0.4, -0.2) is 63.5 Å². The minimum absolute atomic E-state index is 0.0530. The monoisotopic (exact) mass is 336 g/mol. The van der Waals surface area contributed by atoms with Crippen molar-refractivity contribution in [1.82, 2.24) is 9.80 Å². The minimum Gasteiger partial charge on any atom is -0.478 e. The van der Waals surface area contributed by atoms with Gasteiger partial charge in [-0.3, -0.25) is 9.59 Å². The quantitative estimate of drug-likeness (QED) is 0.886. The van der Waals surface area contributed by atoms with E-state index in [9.17, 15) is 14.4 Å². The molecule has 124 valence electrons. The van der Waals surface area contributed by atoms with Gasteiger partial charge in [-0.25, -0.2) is 4.79 Å². The van der Waals surface area contributed by atoms with E-state index < -0.39 is 12.0 Å². The first-order valence-electron chi connectivity index (χ1n) is 7.50. The summed E-state index contributed by atoms with van der Waals surface area (Å²) in [4.78, 5) is 39.5. The number of amides is 2. The van der Waals surface area contributed by atoms with Gasteiger partial charge in [0.15, 0.2) is 0 Å². The van der Waals surface area contributed by atoms with E-state index in [1.807, 2.05) is 13.8 Å². The fourth-order valence-electron chi connectivity index (χ4n) is 2.54. The summed E-state index contributed by atoms with van der Waals surface area (Å²) >= 11 is 1.53. The summed E-state index contributed by atoms with van der Waals surface area (Å²) in [6, 6.07) is 5.43. The second-order valence-electron chi connectivity index (χ2n) is 5.19. The number of thioether (sulfide) groups is 1. The fourth-order valence-corrected chi connectivity index (χ4v) is 3.69. The van der Waals surface area contributed by atoms with Gasteiger partial charge in [0.2, 0.25) is 5.91 Å². The van der Waals surface area contributed by atoms with Crippen LogP contribution in [0.15, 0.2) is 24.3 Å². The first kappa shape index (κ1) is 17.3. The van der Waals surface area contributed by atoms with Crippen LogP contribution in [-0.2, 0) is 4.79 Å². The maximum atomic E-state index is 12.7. The number of likely N-dealkylation sites (N-methyl/N-ethyl adjacent to an activating group) is 1. The van der Waals surface area contributed by atoms with Crippen LogP contribution in [0.4, 0.5) is 0 Å². The molecule has 0 aromatic heterocycles. The van der Waals surface area contributed by atoms with E-state index in [4.69, 9.17) is 5.11 Å². The Balaban J connectivity index is 2.22. The number of carbonyl (C=O) groups is 3. The van der Waals surface area contributed by atoms with Crippen molar-refractivity contribution in [3.05, 3.63) is 35.4 Å². The van der Waals surface area contributed by atoms with Gasteiger partial charge in [0.05, 0.1) is 11.4 Å². The van der Waals surface area contributed by atoms with E-state index in [-0.39, 0.29) is 17.4 Å². The highest BCUT2D eigenvalue weighted by Crippen LogP contribution is 2.25. The van der Waals surface area contributed by atoms with Gasteiger partial charge >= 0.3 is 5.97 Å². The lowest BCUT2D eigenvalue weighted by Crippen LogP contribution is -2.48. The largest absolute Gasteiger partial charge is 0.478 e.